The van der Waals surface area contributed by atoms with Crippen molar-refractivity contribution in [2.45, 2.75) is 32.8 Å². The largest absolute Gasteiger partial charge is 0.443 e. The molecular weight excluding hydrogens is 316 g/mol. The summed E-state index contributed by atoms with van der Waals surface area (Å²) in [4.78, 5) is 22.9. The molecule has 1 aliphatic heterocycles. The Kier molecular flexibility index (Phi) is 3.49. The van der Waals surface area contributed by atoms with E-state index >= 15 is 0 Å². The van der Waals surface area contributed by atoms with Crippen molar-refractivity contribution in [3.8, 4) is 11.1 Å². The fourth-order valence-corrected chi connectivity index (χ4v) is 3.11. The first-order valence-electron chi connectivity index (χ1n) is 8.33. The van der Waals surface area contributed by atoms with E-state index < -0.39 is 5.60 Å². The third kappa shape index (κ3) is 2.84. The van der Waals surface area contributed by atoms with E-state index in [9.17, 15) is 4.79 Å². The van der Waals surface area contributed by atoms with Gasteiger partial charge in [0.1, 0.15) is 17.6 Å². The van der Waals surface area contributed by atoms with E-state index in [1.807, 2.05) is 37.4 Å². The zero-order valence-electron chi connectivity index (χ0n) is 14.6. The molecule has 3 aromatic rings. The Morgan fingerprint density at radius 3 is 2.92 bits per heavy atom. The fourth-order valence-electron chi connectivity index (χ4n) is 3.11. The molecule has 2 aromatic heterocycles. The molecule has 0 saturated carbocycles. The highest BCUT2D eigenvalue weighted by Crippen LogP contribution is 2.34. The SMILES string of the molecule is CC(C)(C)OC(=O)N1CCc2ccc(-c3cncn4ccnc34)cc21. The molecule has 0 bridgehead atoms. The molecule has 3 heterocycles. The molecular formula is C19H20N4O2. The summed E-state index contributed by atoms with van der Waals surface area (Å²) in [6.45, 7) is 6.27. The molecule has 0 radical (unpaired) electrons. The van der Waals surface area contributed by atoms with Crippen LogP contribution >= 0.6 is 0 Å². The Labute approximate surface area is 146 Å². The summed E-state index contributed by atoms with van der Waals surface area (Å²) < 4.78 is 7.42. The average Bonchev–Trinajstić information content (AvgIpc) is 3.18. The highest BCUT2D eigenvalue weighted by atomic mass is 16.6. The summed E-state index contributed by atoms with van der Waals surface area (Å²) in [6.07, 6.45) is 7.68. The van der Waals surface area contributed by atoms with Crippen LogP contribution in [0.4, 0.5) is 10.5 Å². The Hall–Kier alpha value is -2.89. The number of ether oxygens (including phenoxy) is 1. The number of carbonyl (C=O) groups excluding carboxylic acids is 1. The van der Waals surface area contributed by atoms with Crippen LogP contribution in [-0.2, 0) is 11.2 Å². The summed E-state index contributed by atoms with van der Waals surface area (Å²) in [5.41, 5.74) is 4.31. The number of hydrogen-bond donors (Lipinski definition) is 0. The van der Waals surface area contributed by atoms with Gasteiger partial charge in [0.25, 0.3) is 0 Å². The predicted molar refractivity (Wildman–Crippen MR) is 95.7 cm³/mol. The predicted octanol–water partition coefficient (Wildman–Crippen LogP) is 3.69. The van der Waals surface area contributed by atoms with E-state index in [1.165, 1.54) is 0 Å². The van der Waals surface area contributed by atoms with Gasteiger partial charge >= 0.3 is 6.09 Å². The van der Waals surface area contributed by atoms with Gasteiger partial charge in [0, 0.05) is 30.7 Å². The molecule has 0 saturated heterocycles. The summed E-state index contributed by atoms with van der Waals surface area (Å²) in [7, 11) is 0. The van der Waals surface area contributed by atoms with Crippen LogP contribution in [0.5, 0.6) is 0 Å². The standard InChI is InChI=1S/C19H20N4O2/c1-19(2,3)25-18(24)23-8-6-13-4-5-14(10-16(13)23)15-11-20-12-22-9-7-21-17(15)22/h4-5,7,9-12H,6,8H2,1-3H3. The van der Waals surface area contributed by atoms with Crippen molar-refractivity contribution in [2.24, 2.45) is 0 Å². The quantitative estimate of drug-likeness (QED) is 0.680. The molecule has 0 unspecified atom stereocenters. The molecule has 1 aromatic carbocycles. The molecule has 6 heteroatoms. The van der Waals surface area contributed by atoms with Crippen LogP contribution in [0.15, 0.2) is 43.1 Å². The minimum atomic E-state index is -0.511. The minimum absolute atomic E-state index is 0.305. The smallest absolute Gasteiger partial charge is 0.414 e. The third-order valence-corrected chi connectivity index (χ3v) is 4.21. The lowest BCUT2D eigenvalue weighted by Crippen LogP contribution is -2.35. The summed E-state index contributed by atoms with van der Waals surface area (Å²) in [5.74, 6) is 0. The normalized spacial score (nSPS) is 14.0. The van der Waals surface area contributed by atoms with E-state index in [0.717, 1.165) is 34.4 Å². The van der Waals surface area contributed by atoms with Gasteiger partial charge in [-0.05, 0) is 44.4 Å². The van der Waals surface area contributed by atoms with Gasteiger partial charge in [-0.25, -0.2) is 14.8 Å². The van der Waals surface area contributed by atoms with Gasteiger partial charge < -0.3 is 4.74 Å². The van der Waals surface area contributed by atoms with Gasteiger partial charge in [0.15, 0.2) is 0 Å². The molecule has 1 amide bonds. The Bertz CT molecular complexity index is 955. The Balaban J connectivity index is 1.74. The first kappa shape index (κ1) is 15.6. The van der Waals surface area contributed by atoms with E-state index in [2.05, 4.69) is 22.1 Å². The maximum atomic E-state index is 12.5. The maximum absolute atomic E-state index is 12.5. The van der Waals surface area contributed by atoms with Crippen molar-refractivity contribution >= 4 is 17.4 Å². The van der Waals surface area contributed by atoms with E-state index in [4.69, 9.17) is 4.74 Å². The Morgan fingerprint density at radius 2 is 2.12 bits per heavy atom. The van der Waals surface area contributed by atoms with Gasteiger partial charge in [-0.15, -0.1) is 0 Å². The van der Waals surface area contributed by atoms with Gasteiger partial charge in [0.05, 0.1) is 5.69 Å². The van der Waals surface area contributed by atoms with Crippen LogP contribution in [-0.4, -0.2) is 32.6 Å². The van der Waals surface area contributed by atoms with Crippen LogP contribution in [0.2, 0.25) is 0 Å². The number of amides is 1. The van der Waals surface area contributed by atoms with Crippen LogP contribution in [0.25, 0.3) is 16.8 Å². The number of anilines is 1. The average molecular weight is 336 g/mol. The molecule has 0 atom stereocenters. The number of imidazole rings is 1. The molecule has 128 valence electrons. The van der Waals surface area contributed by atoms with Gasteiger partial charge in [-0.3, -0.25) is 9.30 Å². The van der Waals surface area contributed by atoms with Crippen LogP contribution in [0, 0.1) is 0 Å². The van der Waals surface area contributed by atoms with Crippen molar-refractivity contribution in [3.05, 3.63) is 48.7 Å². The van der Waals surface area contributed by atoms with Gasteiger partial charge in [0.2, 0.25) is 0 Å². The van der Waals surface area contributed by atoms with E-state index in [1.54, 1.807) is 23.6 Å². The number of fused-ring (bicyclic) bond motifs is 2. The van der Waals surface area contributed by atoms with Crippen molar-refractivity contribution in [2.75, 3.05) is 11.4 Å². The molecule has 4 rings (SSSR count). The van der Waals surface area contributed by atoms with Crippen molar-refractivity contribution in [1.29, 1.82) is 0 Å². The second kappa shape index (κ2) is 5.58. The number of hydrogen-bond acceptors (Lipinski definition) is 4. The highest BCUT2D eigenvalue weighted by Gasteiger charge is 2.29. The first-order chi connectivity index (χ1) is 11.9. The zero-order chi connectivity index (χ0) is 17.6. The summed E-state index contributed by atoms with van der Waals surface area (Å²) >= 11 is 0. The monoisotopic (exact) mass is 336 g/mol. The number of nitrogens with zero attached hydrogens (tertiary/aromatic N) is 4. The maximum Gasteiger partial charge on any atom is 0.414 e. The lowest BCUT2D eigenvalue weighted by atomic mass is 10.0. The van der Waals surface area contributed by atoms with Crippen molar-refractivity contribution < 1.29 is 9.53 Å². The van der Waals surface area contributed by atoms with Crippen molar-refractivity contribution in [3.63, 3.8) is 0 Å². The van der Waals surface area contributed by atoms with Gasteiger partial charge in [-0.2, -0.15) is 0 Å². The lowest BCUT2D eigenvalue weighted by molar-refractivity contribution is 0.0584. The molecule has 0 fully saturated rings. The number of benzene rings is 1. The molecule has 0 N–H and O–H groups in total. The molecule has 25 heavy (non-hydrogen) atoms. The van der Waals surface area contributed by atoms with E-state index in [-0.39, 0.29) is 6.09 Å². The second-order valence-electron chi connectivity index (χ2n) is 7.19. The zero-order valence-corrected chi connectivity index (χ0v) is 14.6. The minimum Gasteiger partial charge on any atom is -0.443 e. The number of carbonyl (C=O) groups is 1. The van der Waals surface area contributed by atoms with Crippen molar-refractivity contribution in [1.82, 2.24) is 14.4 Å². The topological polar surface area (TPSA) is 59.7 Å². The third-order valence-electron chi connectivity index (χ3n) is 4.21. The molecule has 0 aliphatic carbocycles. The molecule has 6 nitrogen and oxygen atoms in total. The van der Waals surface area contributed by atoms with Crippen LogP contribution < -0.4 is 4.90 Å². The van der Waals surface area contributed by atoms with Crippen LogP contribution in [0.3, 0.4) is 0 Å². The molecule has 0 spiro atoms. The highest BCUT2D eigenvalue weighted by molar-refractivity contribution is 5.92. The number of rotatable bonds is 1. The molecule has 1 aliphatic rings. The number of aromatic nitrogens is 3. The Morgan fingerprint density at radius 1 is 1.28 bits per heavy atom. The second-order valence-corrected chi connectivity index (χ2v) is 7.19. The summed E-state index contributed by atoms with van der Waals surface area (Å²) in [5, 5.41) is 0. The van der Waals surface area contributed by atoms with Gasteiger partial charge in [-0.1, -0.05) is 12.1 Å². The van der Waals surface area contributed by atoms with E-state index in [0.29, 0.717) is 6.54 Å². The first-order valence-corrected chi connectivity index (χ1v) is 8.33. The summed E-state index contributed by atoms with van der Waals surface area (Å²) in [6, 6.07) is 6.16. The van der Waals surface area contributed by atoms with Crippen LogP contribution in [0.1, 0.15) is 26.3 Å². The fraction of sp³-hybridized carbons (Fsp3) is 0.316. The lowest BCUT2D eigenvalue weighted by Gasteiger charge is -2.25.